The van der Waals surface area contributed by atoms with Gasteiger partial charge in [-0.2, -0.15) is 0 Å². The van der Waals surface area contributed by atoms with Crippen LogP contribution in [0.4, 0.5) is 0 Å². The van der Waals surface area contributed by atoms with Crippen molar-refractivity contribution in [2.75, 3.05) is 14.2 Å². The Morgan fingerprint density at radius 3 is 2.28 bits per heavy atom. The predicted octanol–water partition coefficient (Wildman–Crippen LogP) is 4.76. The molecule has 1 N–H and O–H groups in total. The summed E-state index contributed by atoms with van der Waals surface area (Å²) < 4.78 is 17.5. The Labute approximate surface area is 170 Å². The van der Waals surface area contributed by atoms with Gasteiger partial charge < -0.3 is 19.3 Å². The molecule has 0 spiro atoms. The van der Waals surface area contributed by atoms with Crippen molar-refractivity contribution in [3.8, 4) is 17.2 Å². The van der Waals surface area contributed by atoms with Gasteiger partial charge in [-0.25, -0.2) is 0 Å². The van der Waals surface area contributed by atoms with Crippen LogP contribution in [0.2, 0.25) is 0 Å². The molecule has 1 aliphatic heterocycles. The van der Waals surface area contributed by atoms with Crippen molar-refractivity contribution in [3.63, 3.8) is 0 Å². The molecule has 0 saturated heterocycles. The van der Waals surface area contributed by atoms with Gasteiger partial charge in [-0.05, 0) is 48.2 Å². The molecule has 1 heterocycles. The molecule has 29 heavy (non-hydrogen) atoms. The Morgan fingerprint density at radius 1 is 0.897 bits per heavy atom. The van der Waals surface area contributed by atoms with Crippen molar-refractivity contribution in [3.05, 3.63) is 89.5 Å². The fourth-order valence-electron chi connectivity index (χ4n) is 5.17. The van der Waals surface area contributed by atoms with Gasteiger partial charge in [0.2, 0.25) is 0 Å². The third-order valence-electron chi connectivity index (χ3n) is 6.53. The van der Waals surface area contributed by atoms with Crippen LogP contribution < -0.4 is 14.2 Å². The summed E-state index contributed by atoms with van der Waals surface area (Å²) in [6.45, 7) is 0. The molecule has 3 aromatic carbocycles. The van der Waals surface area contributed by atoms with Crippen LogP contribution in [0.25, 0.3) is 0 Å². The second-order valence-corrected chi connectivity index (χ2v) is 7.79. The molecule has 148 valence electrons. The number of hydrogen-bond donors (Lipinski definition) is 1. The van der Waals surface area contributed by atoms with E-state index < -0.39 is 11.2 Å². The predicted molar refractivity (Wildman–Crippen MR) is 111 cm³/mol. The van der Waals surface area contributed by atoms with Crippen LogP contribution in [0.15, 0.2) is 72.8 Å². The number of fused-ring (bicyclic) bond motifs is 3. The minimum absolute atomic E-state index is 0.0143. The van der Waals surface area contributed by atoms with E-state index >= 15 is 0 Å². The second-order valence-electron chi connectivity index (χ2n) is 7.79. The molecule has 2 aliphatic rings. The van der Waals surface area contributed by atoms with Crippen molar-refractivity contribution in [2.24, 2.45) is 0 Å². The maximum Gasteiger partial charge on any atom is 0.173 e. The number of rotatable bonds is 4. The highest BCUT2D eigenvalue weighted by Gasteiger charge is 2.68. The summed E-state index contributed by atoms with van der Waals surface area (Å²) in [6.07, 6.45) is 1.45. The second kappa shape index (κ2) is 6.53. The zero-order valence-corrected chi connectivity index (χ0v) is 16.6. The monoisotopic (exact) mass is 388 g/mol. The van der Waals surface area contributed by atoms with Crippen LogP contribution in [0.3, 0.4) is 0 Å². The topological polar surface area (TPSA) is 47.9 Å². The van der Waals surface area contributed by atoms with Gasteiger partial charge in [0.15, 0.2) is 5.60 Å². The number of hydrogen-bond acceptors (Lipinski definition) is 4. The summed E-state index contributed by atoms with van der Waals surface area (Å²) in [4.78, 5) is 0. The van der Waals surface area contributed by atoms with Crippen LogP contribution in [-0.2, 0) is 11.2 Å². The Bertz CT molecular complexity index is 1030. The van der Waals surface area contributed by atoms with Gasteiger partial charge in [-0.15, -0.1) is 0 Å². The molecule has 4 heteroatoms. The highest BCUT2D eigenvalue weighted by Crippen LogP contribution is 2.66. The maximum absolute atomic E-state index is 12.1. The summed E-state index contributed by atoms with van der Waals surface area (Å²) in [5.74, 6) is 2.19. The fraction of sp³-hybridized carbons (Fsp3) is 0.280. The first-order valence-corrected chi connectivity index (χ1v) is 9.92. The van der Waals surface area contributed by atoms with Gasteiger partial charge in [-0.3, -0.25) is 0 Å². The van der Waals surface area contributed by atoms with Gasteiger partial charge in [0, 0.05) is 17.5 Å². The van der Waals surface area contributed by atoms with E-state index in [0.717, 1.165) is 23.3 Å². The number of aliphatic hydroxyl groups is 1. The van der Waals surface area contributed by atoms with Gasteiger partial charge in [0.05, 0.1) is 14.2 Å². The molecule has 1 saturated carbocycles. The number of methoxy groups -OCH3 is 2. The normalized spacial score (nSPS) is 27.1. The van der Waals surface area contributed by atoms with Crippen molar-refractivity contribution in [1.82, 2.24) is 0 Å². The summed E-state index contributed by atoms with van der Waals surface area (Å²) in [7, 11) is 3.29. The smallest absolute Gasteiger partial charge is 0.173 e. The molecule has 4 nitrogen and oxygen atoms in total. The van der Waals surface area contributed by atoms with Crippen LogP contribution in [-0.4, -0.2) is 19.3 Å². The highest BCUT2D eigenvalue weighted by atomic mass is 16.5. The zero-order chi connectivity index (χ0) is 20.1. The first kappa shape index (κ1) is 18.1. The summed E-state index contributed by atoms with van der Waals surface area (Å²) in [6, 6.07) is 23.9. The van der Waals surface area contributed by atoms with E-state index in [1.807, 2.05) is 60.7 Å². The zero-order valence-electron chi connectivity index (χ0n) is 16.6. The van der Waals surface area contributed by atoms with Crippen molar-refractivity contribution < 1.29 is 19.3 Å². The number of benzene rings is 3. The Morgan fingerprint density at radius 2 is 1.59 bits per heavy atom. The molecule has 0 aromatic heterocycles. The van der Waals surface area contributed by atoms with E-state index in [-0.39, 0.29) is 5.92 Å². The third kappa shape index (κ3) is 2.42. The molecule has 3 atom stereocenters. The average Bonchev–Trinajstić information content (AvgIpc) is 3.21. The van der Waals surface area contributed by atoms with Gasteiger partial charge in [-0.1, -0.05) is 42.5 Å². The van der Waals surface area contributed by atoms with E-state index in [1.165, 1.54) is 5.56 Å². The largest absolute Gasteiger partial charge is 0.497 e. The Balaban J connectivity index is 1.73. The molecule has 3 aromatic rings. The van der Waals surface area contributed by atoms with Crippen LogP contribution >= 0.6 is 0 Å². The fourth-order valence-corrected chi connectivity index (χ4v) is 5.17. The van der Waals surface area contributed by atoms with E-state index in [0.29, 0.717) is 17.9 Å². The van der Waals surface area contributed by atoms with E-state index in [1.54, 1.807) is 14.2 Å². The van der Waals surface area contributed by atoms with E-state index in [4.69, 9.17) is 14.2 Å². The molecule has 0 radical (unpaired) electrons. The summed E-state index contributed by atoms with van der Waals surface area (Å²) >= 11 is 0. The van der Waals surface area contributed by atoms with E-state index in [2.05, 4.69) is 12.1 Å². The Kier molecular flexibility index (Phi) is 4.07. The molecule has 0 bridgehead atoms. The third-order valence-corrected chi connectivity index (χ3v) is 6.53. The maximum atomic E-state index is 12.1. The van der Waals surface area contributed by atoms with Crippen LogP contribution in [0.5, 0.6) is 17.2 Å². The molecule has 0 amide bonds. The lowest BCUT2D eigenvalue weighted by Crippen LogP contribution is -2.47. The van der Waals surface area contributed by atoms with E-state index in [9.17, 15) is 5.11 Å². The average molecular weight is 388 g/mol. The first-order chi connectivity index (χ1) is 14.1. The van der Waals surface area contributed by atoms with Crippen molar-refractivity contribution in [1.29, 1.82) is 0 Å². The van der Waals surface area contributed by atoms with Crippen LogP contribution in [0.1, 0.15) is 35.4 Å². The lowest BCUT2D eigenvalue weighted by atomic mass is 9.72. The quantitative estimate of drug-likeness (QED) is 0.700. The summed E-state index contributed by atoms with van der Waals surface area (Å²) in [5, 5.41) is 12.1. The molecule has 1 fully saturated rings. The minimum Gasteiger partial charge on any atom is -0.497 e. The number of ether oxygens (including phenoxy) is 3. The van der Waals surface area contributed by atoms with Crippen molar-refractivity contribution >= 4 is 0 Å². The highest BCUT2D eigenvalue weighted by molar-refractivity contribution is 5.55. The van der Waals surface area contributed by atoms with Gasteiger partial charge >= 0.3 is 0 Å². The summed E-state index contributed by atoms with van der Waals surface area (Å²) in [5.41, 5.74) is 0.910. The van der Waals surface area contributed by atoms with Gasteiger partial charge in [0.25, 0.3) is 0 Å². The molecular formula is C25H24O4. The lowest BCUT2D eigenvalue weighted by Gasteiger charge is -2.40. The Hall–Kier alpha value is -2.98. The molecular weight excluding hydrogens is 364 g/mol. The lowest BCUT2D eigenvalue weighted by molar-refractivity contribution is -0.105. The molecule has 2 unspecified atom stereocenters. The SMILES string of the molecule is COc1ccc(C23Oc4cc(OC)ccc4[C@]2(O)CCC3c2ccccc2)cc1. The van der Waals surface area contributed by atoms with Crippen LogP contribution in [0, 0.1) is 0 Å². The van der Waals surface area contributed by atoms with Gasteiger partial charge in [0.1, 0.15) is 22.8 Å². The first-order valence-electron chi connectivity index (χ1n) is 9.92. The van der Waals surface area contributed by atoms with Crippen molar-refractivity contribution in [2.45, 2.75) is 30.0 Å². The molecule has 5 rings (SSSR count). The molecule has 1 aliphatic carbocycles. The standard InChI is InChI=1S/C25H24O4/c1-27-19-10-8-18(9-11-19)25-21(17-6-4-3-5-7-17)14-15-24(25,26)22-13-12-20(28-2)16-23(22)29-25/h3-13,16,21,26H,14-15H2,1-2H3/t21?,24-,25?/m1/s1. The minimum atomic E-state index is -1.12.